The van der Waals surface area contributed by atoms with E-state index in [4.69, 9.17) is 5.73 Å². The van der Waals surface area contributed by atoms with Gasteiger partial charge in [0, 0.05) is 11.1 Å². The van der Waals surface area contributed by atoms with Crippen LogP contribution in [-0.4, -0.2) is 9.97 Å². The van der Waals surface area contributed by atoms with Crippen LogP contribution in [0.25, 0.3) is 20.9 Å². The molecule has 80 valence electrons. The van der Waals surface area contributed by atoms with Gasteiger partial charge in [-0.25, -0.2) is 9.97 Å². The molecule has 0 bridgehead atoms. The fourth-order valence-electron chi connectivity index (χ4n) is 1.51. The second kappa shape index (κ2) is 3.54. The Morgan fingerprint density at radius 3 is 2.88 bits per heavy atom. The highest BCUT2D eigenvalue weighted by molar-refractivity contribution is 7.22. The molecule has 0 amide bonds. The summed E-state index contributed by atoms with van der Waals surface area (Å²) in [5.41, 5.74) is 8.46. The Kier molecular flexibility index (Phi) is 2.15. The van der Waals surface area contributed by atoms with E-state index in [0.29, 0.717) is 0 Å². The molecule has 3 aromatic rings. The highest BCUT2D eigenvalue weighted by atomic mass is 32.1. The zero-order chi connectivity index (χ0) is 11.1. The lowest BCUT2D eigenvalue weighted by Crippen LogP contribution is -1.81. The van der Waals surface area contributed by atoms with Crippen molar-refractivity contribution >= 4 is 38.6 Å². The van der Waals surface area contributed by atoms with Crippen LogP contribution in [0.4, 0.5) is 5.69 Å². The van der Waals surface area contributed by atoms with Crippen LogP contribution >= 0.6 is 22.7 Å². The summed E-state index contributed by atoms with van der Waals surface area (Å²) in [6.45, 7) is 2.00. The Hall–Kier alpha value is -1.46. The molecule has 2 N–H and O–H groups in total. The Morgan fingerprint density at radius 1 is 1.25 bits per heavy atom. The summed E-state index contributed by atoms with van der Waals surface area (Å²) in [5, 5.41) is 4.06. The van der Waals surface area contributed by atoms with Crippen LogP contribution in [-0.2, 0) is 0 Å². The molecular weight excluding hydrogens is 238 g/mol. The van der Waals surface area contributed by atoms with E-state index >= 15 is 0 Å². The Labute approximate surface area is 101 Å². The minimum absolute atomic E-state index is 0.775. The second-order valence-corrected chi connectivity index (χ2v) is 5.59. The zero-order valence-electron chi connectivity index (χ0n) is 8.60. The lowest BCUT2D eigenvalue weighted by atomic mass is 10.3. The number of hydrogen-bond donors (Lipinski definition) is 1. The van der Waals surface area contributed by atoms with Gasteiger partial charge in [0.1, 0.15) is 10.7 Å². The van der Waals surface area contributed by atoms with Gasteiger partial charge in [0.25, 0.3) is 0 Å². The van der Waals surface area contributed by atoms with Crippen LogP contribution in [0.15, 0.2) is 23.6 Å². The molecule has 0 aliphatic carbocycles. The first-order valence-corrected chi connectivity index (χ1v) is 6.50. The van der Waals surface area contributed by atoms with Crippen molar-refractivity contribution in [3.05, 3.63) is 28.6 Å². The molecule has 5 heteroatoms. The van der Waals surface area contributed by atoms with Gasteiger partial charge in [-0.3, -0.25) is 0 Å². The molecule has 0 spiro atoms. The monoisotopic (exact) mass is 247 g/mol. The molecule has 1 aromatic carbocycles. The highest BCUT2D eigenvalue weighted by Crippen LogP contribution is 2.31. The third-order valence-corrected chi connectivity index (χ3v) is 4.06. The number of thiazole rings is 2. The highest BCUT2D eigenvalue weighted by Gasteiger charge is 2.08. The summed E-state index contributed by atoms with van der Waals surface area (Å²) in [4.78, 5) is 8.98. The van der Waals surface area contributed by atoms with Gasteiger partial charge in [-0.2, -0.15) is 0 Å². The number of aryl methyl sites for hydroxylation is 1. The molecular formula is C11H9N3S2. The van der Waals surface area contributed by atoms with Gasteiger partial charge in [-0.05, 0) is 25.1 Å². The van der Waals surface area contributed by atoms with E-state index in [9.17, 15) is 0 Å². The topological polar surface area (TPSA) is 51.8 Å². The quantitative estimate of drug-likeness (QED) is 0.671. The maximum atomic E-state index is 5.74. The lowest BCUT2D eigenvalue weighted by Gasteiger charge is -1.89. The van der Waals surface area contributed by atoms with Crippen LogP contribution < -0.4 is 5.73 Å². The normalized spacial score (nSPS) is 11.1. The molecule has 16 heavy (non-hydrogen) atoms. The molecule has 2 aromatic heterocycles. The molecule has 0 saturated heterocycles. The van der Waals surface area contributed by atoms with E-state index in [1.807, 2.05) is 30.5 Å². The number of fused-ring (bicyclic) bond motifs is 1. The largest absolute Gasteiger partial charge is 0.399 e. The Morgan fingerprint density at radius 2 is 2.12 bits per heavy atom. The van der Waals surface area contributed by atoms with E-state index in [0.717, 1.165) is 31.6 Å². The third-order valence-electron chi connectivity index (χ3n) is 2.25. The van der Waals surface area contributed by atoms with E-state index < -0.39 is 0 Å². The zero-order valence-corrected chi connectivity index (χ0v) is 10.2. The van der Waals surface area contributed by atoms with Crippen molar-refractivity contribution in [1.29, 1.82) is 0 Å². The van der Waals surface area contributed by atoms with Gasteiger partial charge in [0.05, 0.1) is 15.2 Å². The van der Waals surface area contributed by atoms with Gasteiger partial charge in [-0.15, -0.1) is 22.7 Å². The number of rotatable bonds is 1. The molecule has 2 heterocycles. The molecule has 0 atom stereocenters. The average molecular weight is 247 g/mol. The van der Waals surface area contributed by atoms with E-state index in [1.165, 1.54) is 0 Å². The number of anilines is 1. The van der Waals surface area contributed by atoms with Crippen molar-refractivity contribution in [3.63, 3.8) is 0 Å². The lowest BCUT2D eigenvalue weighted by molar-refractivity contribution is 1.28. The fourth-order valence-corrected chi connectivity index (χ4v) is 3.16. The maximum Gasteiger partial charge on any atom is 0.143 e. The summed E-state index contributed by atoms with van der Waals surface area (Å²) < 4.78 is 1.11. The summed E-state index contributed by atoms with van der Waals surface area (Å²) in [7, 11) is 0. The molecule has 0 aliphatic rings. The molecule has 0 radical (unpaired) electrons. The first-order valence-electron chi connectivity index (χ1n) is 4.81. The minimum Gasteiger partial charge on any atom is -0.399 e. The van der Waals surface area contributed by atoms with Gasteiger partial charge in [-0.1, -0.05) is 0 Å². The van der Waals surface area contributed by atoms with Crippen molar-refractivity contribution in [2.45, 2.75) is 6.92 Å². The smallest absolute Gasteiger partial charge is 0.143 e. The first-order chi connectivity index (χ1) is 7.72. The van der Waals surface area contributed by atoms with Crippen molar-refractivity contribution in [3.8, 4) is 10.7 Å². The van der Waals surface area contributed by atoms with Crippen LogP contribution in [0.1, 0.15) is 5.01 Å². The van der Waals surface area contributed by atoms with Crippen molar-refractivity contribution in [2.75, 3.05) is 5.73 Å². The minimum atomic E-state index is 0.775. The van der Waals surface area contributed by atoms with Crippen LogP contribution in [0, 0.1) is 6.92 Å². The number of nitrogens with zero attached hydrogens (tertiary/aromatic N) is 2. The molecule has 0 unspecified atom stereocenters. The second-order valence-electron chi connectivity index (χ2n) is 3.50. The SMILES string of the molecule is Cc1nc(-c2nc3ccc(N)cc3s2)cs1. The molecule has 3 nitrogen and oxygen atoms in total. The molecule has 3 rings (SSSR count). The number of hydrogen-bond acceptors (Lipinski definition) is 5. The predicted molar refractivity (Wildman–Crippen MR) is 69.9 cm³/mol. The fraction of sp³-hybridized carbons (Fsp3) is 0.0909. The number of benzene rings is 1. The van der Waals surface area contributed by atoms with Gasteiger partial charge >= 0.3 is 0 Å². The summed E-state index contributed by atoms with van der Waals surface area (Å²) in [6, 6.07) is 5.78. The van der Waals surface area contributed by atoms with Crippen molar-refractivity contribution in [2.24, 2.45) is 0 Å². The summed E-state index contributed by atoms with van der Waals surface area (Å²) in [6.07, 6.45) is 0. The van der Waals surface area contributed by atoms with E-state index in [2.05, 4.69) is 9.97 Å². The average Bonchev–Trinajstić information content (AvgIpc) is 2.83. The first kappa shape index (κ1) is 9.74. The van der Waals surface area contributed by atoms with Gasteiger partial charge in [0.2, 0.25) is 0 Å². The van der Waals surface area contributed by atoms with Gasteiger partial charge in [0.15, 0.2) is 0 Å². The van der Waals surface area contributed by atoms with Crippen molar-refractivity contribution < 1.29 is 0 Å². The van der Waals surface area contributed by atoms with Gasteiger partial charge < -0.3 is 5.73 Å². The number of aromatic nitrogens is 2. The summed E-state index contributed by atoms with van der Waals surface area (Å²) >= 11 is 3.27. The Bertz CT molecular complexity index is 654. The molecule has 0 saturated carbocycles. The number of nitrogen functional groups attached to an aromatic ring is 1. The molecule has 0 fully saturated rings. The molecule has 0 aliphatic heterocycles. The summed E-state index contributed by atoms with van der Waals surface area (Å²) in [5.74, 6) is 0. The standard InChI is InChI=1S/C11H9N3S2/c1-6-13-9(5-15-6)11-14-8-3-2-7(12)4-10(8)16-11/h2-5H,12H2,1H3. The van der Waals surface area contributed by atoms with Crippen molar-refractivity contribution in [1.82, 2.24) is 9.97 Å². The predicted octanol–water partition coefficient (Wildman–Crippen LogP) is 3.31. The van der Waals surface area contributed by atoms with Crippen LogP contribution in [0.5, 0.6) is 0 Å². The van der Waals surface area contributed by atoms with Crippen LogP contribution in [0.2, 0.25) is 0 Å². The third kappa shape index (κ3) is 1.58. The van der Waals surface area contributed by atoms with Crippen LogP contribution in [0.3, 0.4) is 0 Å². The Balaban J connectivity index is 2.18. The van der Waals surface area contributed by atoms with E-state index in [-0.39, 0.29) is 0 Å². The van der Waals surface area contributed by atoms with E-state index in [1.54, 1.807) is 22.7 Å². The number of nitrogens with two attached hydrogens (primary N) is 1. The maximum absolute atomic E-state index is 5.74.